The summed E-state index contributed by atoms with van der Waals surface area (Å²) in [6, 6.07) is 8.42. The summed E-state index contributed by atoms with van der Waals surface area (Å²) in [5, 5.41) is 12.7. The van der Waals surface area contributed by atoms with Crippen LogP contribution in [0.1, 0.15) is 57.6 Å². The molecule has 2 saturated heterocycles. The van der Waals surface area contributed by atoms with Crippen molar-refractivity contribution in [2.24, 2.45) is 11.3 Å². The van der Waals surface area contributed by atoms with Crippen LogP contribution in [0.5, 0.6) is 0 Å². The van der Waals surface area contributed by atoms with Crippen molar-refractivity contribution in [1.82, 2.24) is 15.1 Å². The third-order valence-electron chi connectivity index (χ3n) is 6.25. The van der Waals surface area contributed by atoms with Gasteiger partial charge in [0.25, 0.3) is 0 Å². The fourth-order valence-electron chi connectivity index (χ4n) is 4.25. The Morgan fingerprint density at radius 2 is 1.53 bits per heavy atom. The Hall–Kier alpha value is -1.92. The fraction of sp³-hybridized carbons (Fsp3) is 0.667. The molecule has 2 aliphatic rings. The highest BCUT2D eigenvalue weighted by atomic mass is 16.3. The van der Waals surface area contributed by atoms with E-state index in [-0.39, 0.29) is 29.3 Å². The lowest BCUT2D eigenvalue weighted by Crippen LogP contribution is -2.46. The van der Waals surface area contributed by atoms with Gasteiger partial charge in [-0.2, -0.15) is 0 Å². The van der Waals surface area contributed by atoms with Gasteiger partial charge in [-0.15, -0.1) is 0 Å². The molecule has 1 aromatic carbocycles. The monoisotopic (exact) mass is 415 g/mol. The van der Waals surface area contributed by atoms with Crippen molar-refractivity contribution in [3.8, 4) is 0 Å². The summed E-state index contributed by atoms with van der Waals surface area (Å²) in [4.78, 5) is 29.2. The topological polar surface area (TPSA) is 72.9 Å². The zero-order valence-corrected chi connectivity index (χ0v) is 18.7. The van der Waals surface area contributed by atoms with E-state index in [4.69, 9.17) is 0 Å². The SMILES string of the molecule is CC(C)(C)C(=O)N1CCC(C(=O)NCc2ccc(CN3CCC(O)CC3)cc2)CC1. The molecule has 30 heavy (non-hydrogen) atoms. The van der Waals surface area contributed by atoms with Gasteiger partial charge in [0.15, 0.2) is 0 Å². The minimum Gasteiger partial charge on any atom is -0.393 e. The van der Waals surface area contributed by atoms with E-state index in [1.165, 1.54) is 5.56 Å². The summed E-state index contributed by atoms with van der Waals surface area (Å²) in [5.74, 6) is 0.249. The number of nitrogens with one attached hydrogen (secondary N) is 1. The van der Waals surface area contributed by atoms with E-state index >= 15 is 0 Å². The number of hydrogen-bond acceptors (Lipinski definition) is 4. The van der Waals surface area contributed by atoms with Gasteiger partial charge in [-0.3, -0.25) is 14.5 Å². The Balaban J connectivity index is 1.40. The molecule has 0 saturated carbocycles. The normalized spacial score (nSPS) is 19.7. The van der Waals surface area contributed by atoms with E-state index < -0.39 is 0 Å². The van der Waals surface area contributed by atoms with E-state index in [9.17, 15) is 14.7 Å². The maximum absolute atomic E-state index is 12.6. The van der Waals surface area contributed by atoms with Gasteiger partial charge in [-0.25, -0.2) is 0 Å². The Kier molecular flexibility index (Phi) is 7.53. The Bertz CT molecular complexity index is 710. The molecule has 3 rings (SSSR count). The number of likely N-dealkylation sites (tertiary alicyclic amines) is 2. The number of piperidine rings is 2. The highest BCUT2D eigenvalue weighted by molar-refractivity contribution is 5.82. The summed E-state index contributed by atoms with van der Waals surface area (Å²) in [6.45, 7) is 10.5. The first-order chi connectivity index (χ1) is 14.2. The van der Waals surface area contributed by atoms with Gasteiger partial charge in [0, 0.05) is 50.6 Å². The molecule has 166 valence electrons. The van der Waals surface area contributed by atoms with Gasteiger partial charge in [0.2, 0.25) is 11.8 Å². The predicted octanol–water partition coefficient (Wildman–Crippen LogP) is 2.54. The molecule has 2 fully saturated rings. The molecule has 6 nitrogen and oxygen atoms in total. The van der Waals surface area contributed by atoms with Crippen molar-refractivity contribution in [2.75, 3.05) is 26.2 Å². The first kappa shape index (κ1) is 22.8. The lowest BCUT2D eigenvalue weighted by Gasteiger charge is -2.35. The molecular weight excluding hydrogens is 378 g/mol. The van der Waals surface area contributed by atoms with Crippen LogP contribution in [-0.2, 0) is 22.7 Å². The minimum atomic E-state index is -0.365. The van der Waals surface area contributed by atoms with Crippen LogP contribution in [0.4, 0.5) is 0 Å². The average molecular weight is 416 g/mol. The lowest BCUT2D eigenvalue weighted by molar-refractivity contribution is -0.142. The number of amides is 2. The van der Waals surface area contributed by atoms with Crippen LogP contribution in [0.3, 0.4) is 0 Å². The predicted molar refractivity (Wildman–Crippen MR) is 118 cm³/mol. The van der Waals surface area contributed by atoms with Crippen LogP contribution >= 0.6 is 0 Å². The van der Waals surface area contributed by atoms with Crippen molar-refractivity contribution < 1.29 is 14.7 Å². The lowest BCUT2D eigenvalue weighted by atomic mass is 9.90. The van der Waals surface area contributed by atoms with Crippen molar-refractivity contribution in [3.63, 3.8) is 0 Å². The van der Waals surface area contributed by atoms with E-state index in [0.717, 1.165) is 50.9 Å². The smallest absolute Gasteiger partial charge is 0.227 e. The third kappa shape index (κ3) is 6.29. The second-order valence-corrected chi connectivity index (χ2v) is 9.86. The van der Waals surface area contributed by atoms with Crippen molar-refractivity contribution in [1.29, 1.82) is 0 Å². The summed E-state index contributed by atoms with van der Waals surface area (Å²) in [7, 11) is 0. The van der Waals surface area contributed by atoms with Crippen molar-refractivity contribution in [2.45, 2.75) is 65.6 Å². The Morgan fingerprint density at radius 3 is 2.10 bits per heavy atom. The molecule has 2 amide bonds. The zero-order chi connectivity index (χ0) is 21.7. The number of aliphatic hydroxyl groups excluding tert-OH is 1. The standard InChI is InChI=1S/C24H37N3O3/c1-24(2,3)23(30)27-14-8-20(9-15-27)22(29)25-16-18-4-6-19(7-5-18)17-26-12-10-21(28)11-13-26/h4-7,20-21,28H,8-17H2,1-3H3,(H,25,29). The fourth-order valence-corrected chi connectivity index (χ4v) is 4.25. The van der Waals surface area contributed by atoms with Gasteiger partial charge >= 0.3 is 0 Å². The minimum absolute atomic E-state index is 0.0113. The molecule has 0 radical (unpaired) electrons. The molecule has 2 heterocycles. The maximum atomic E-state index is 12.6. The van der Waals surface area contributed by atoms with Gasteiger partial charge in [0.1, 0.15) is 0 Å². The number of rotatable bonds is 5. The number of aliphatic hydroxyl groups is 1. The van der Waals surface area contributed by atoms with E-state index in [2.05, 4.69) is 34.5 Å². The number of nitrogens with zero attached hydrogens (tertiary/aromatic N) is 2. The molecule has 0 aliphatic carbocycles. The van der Waals surface area contributed by atoms with Crippen LogP contribution < -0.4 is 5.32 Å². The Morgan fingerprint density at radius 1 is 0.967 bits per heavy atom. The van der Waals surface area contributed by atoms with E-state index in [1.54, 1.807) is 0 Å². The van der Waals surface area contributed by atoms with E-state index in [1.807, 2.05) is 25.7 Å². The van der Waals surface area contributed by atoms with Crippen LogP contribution in [0.15, 0.2) is 24.3 Å². The first-order valence-corrected chi connectivity index (χ1v) is 11.3. The molecule has 0 bridgehead atoms. The first-order valence-electron chi connectivity index (χ1n) is 11.3. The molecule has 0 unspecified atom stereocenters. The van der Waals surface area contributed by atoms with Gasteiger partial charge in [-0.1, -0.05) is 45.0 Å². The quantitative estimate of drug-likeness (QED) is 0.775. The van der Waals surface area contributed by atoms with Crippen LogP contribution in [0, 0.1) is 11.3 Å². The summed E-state index contributed by atoms with van der Waals surface area (Å²) in [6.07, 6.45) is 3.04. The summed E-state index contributed by atoms with van der Waals surface area (Å²) in [5.41, 5.74) is 2.00. The van der Waals surface area contributed by atoms with Crippen LogP contribution in [0.2, 0.25) is 0 Å². The van der Waals surface area contributed by atoms with Crippen molar-refractivity contribution >= 4 is 11.8 Å². The van der Waals surface area contributed by atoms with Gasteiger partial charge < -0.3 is 15.3 Å². The molecule has 0 spiro atoms. The number of hydrogen-bond donors (Lipinski definition) is 2. The molecule has 0 aromatic heterocycles. The highest BCUT2D eigenvalue weighted by Gasteiger charge is 2.32. The molecule has 1 aromatic rings. The largest absolute Gasteiger partial charge is 0.393 e. The summed E-state index contributed by atoms with van der Waals surface area (Å²) < 4.78 is 0. The van der Waals surface area contributed by atoms with E-state index in [0.29, 0.717) is 19.6 Å². The number of carbonyl (C=O) groups excluding carboxylic acids is 2. The van der Waals surface area contributed by atoms with Crippen LogP contribution in [0.25, 0.3) is 0 Å². The van der Waals surface area contributed by atoms with Crippen molar-refractivity contribution in [3.05, 3.63) is 35.4 Å². The molecule has 2 N–H and O–H groups in total. The third-order valence-corrected chi connectivity index (χ3v) is 6.25. The molecule has 6 heteroatoms. The van der Waals surface area contributed by atoms with Crippen LogP contribution in [-0.4, -0.2) is 59.0 Å². The molecule has 0 atom stereocenters. The number of carbonyl (C=O) groups is 2. The second kappa shape index (κ2) is 9.92. The Labute approximate surface area is 180 Å². The molecule has 2 aliphatic heterocycles. The number of benzene rings is 1. The maximum Gasteiger partial charge on any atom is 0.227 e. The average Bonchev–Trinajstić information content (AvgIpc) is 2.73. The summed E-state index contributed by atoms with van der Waals surface area (Å²) >= 11 is 0. The zero-order valence-electron chi connectivity index (χ0n) is 18.7. The highest BCUT2D eigenvalue weighted by Crippen LogP contribution is 2.23. The molecular formula is C24H37N3O3. The second-order valence-electron chi connectivity index (χ2n) is 9.86. The van der Waals surface area contributed by atoms with Gasteiger partial charge in [-0.05, 0) is 36.8 Å². The van der Waals surface area contributed by atoms with Gasteiger partial charge in [0.05, 0.1) is 6.10 Å².